The highest BCUT2D eigenvalue weighted by molar-refractivity contribution is 5.17. The van der Waals surface area contributed by atoms with E-state index in [0.29, 0.717) is 0 Å². The van der Waals surface area contributed by atoms with Crippen molar-refractivity contribution in [2.75, 3.05) is 0 Å². The van der Waals surface area contributed by atoms with Crippen LogP contribution in [0.3, 0.4) is 0 Å². The van der Waals surface area contributed by atoms with E-state index in [4.69, 9.17) is 4.42 Å². The predicted octanol–water partition coefficient (Wildman–Crippen LogP) is 2.88. The minimum Gasteiger partial charge on any atom is -0.469 e. The van der Waals surface area contributed by atoms with E-state index in [1.54, 1.807) is 6.26 Å². The largest absolute Gasteiger partial charge is 0.469 e. The van der Waals surface area contributed by atoms with Gasteiger partial charge in [0.15, 0.2) is 0 Å². The average molecular weight is 201 g/mol. The Hall–Kier alpha value is -1.54. The van der Waals surface area contributed by atoms with Crippen LogP contribution < -0.4 is 5.32 Å². The lowest BCUT2D eigenvalue weighted by Crippen LogP contribution is -2.12. The highest BCUT2D eigenvalue weighted by atomic mass is 16.3. The molecule has 0 fully saturated rings. The molecule has 0 amide bonds. The molecule has 0 unspecified atom stereocenters. The fraction of sp³-hybridized carbons (Fsp3) is 0.231. The first-order valence-electron chi connectivity index (χ1n) is 5.14. The van der Waals surface area contributed by atoms with Crippen molar-refractivity contribution in [3.63, 3.8) is 0 Å². The van der Waals surface area contributed by atoms with E-state index < -0.39 is 0 Å². The standard InChI is InChI=1S/C13H15NO/c1-11-13(7-8-15-11)10-14-9-12-5-3-2-4-6-12/h2-8,14H,9-10H2,1H3. The predicted molar refractivity (Wildman–Crippen MR) is 60.4 cm³/mol. The van der Waals surface area contributed by atoms with E-state index in [9.17, 15) is 0 Å². The summed E-state index contributed by atoms with van der Waals surface area (Å²) in [6.45, 7) is 3.74. The molecule has 2 aromatic rings. The van der Waals surface area contributed by atoms with E-state index in [2.05, 4.69) is 29.6 Å². The molecule has 1 heterocycles. The summed E-state index contributed by atoms with van der Waals surface area (Å²) in [5.41, 5.74) is 2.53. The van der Waals surface area contributed by atoms with Crippen molar-refractivity contribution in [2.24, 2.45) is 0 Å². The summed E-state index contributed by atoms with van der Waals surface area (Å²) in [6.07, 6.45) is 1.73. The molecule has 2 heteroatoms. The number of furan rings is 1. The Morgan fingerprint density at radius 2 is 1.87 bits per heavy atom. The fourth-order valence-corrected chi connectivity index (χ4v) is 1.53. The summed E-state index contributed by atoms with van der Waals surface area (Å²) >= 11 is 0. The normalized spacial score (nSPS) is 10.5. The highest BCUT2D eigenvalue weighted by Crippen LogP contribution is 2.08. The summed E-state index contributed by atoms with van der Waals surface area (Å²) in [7, 11) is 0. The number of hydrogen-bond donors (Lipinski definition) is 1. The van der Waals surface area contributed by atoms with E-state index in [-0.39, 0.29) is 0 Å². The summed E-state index contributed by atoms with van der Waals surface area (Å²) in [5, 5.41) is 3.38. The summed E-state index contributed by atoms with van der Waals surface area (Å²) < 4.78 is 5.23. The van der Waals surface area contributed by atoms with E-state index in [1.807, 2.05) is 19.1 Å². The molecule has 2 nitrogen and oxygen atoms in total. The van der Waals surface area contributed by atoms with Crippen LogP contribution in [0.2, 0.25) is 0 Å². The fourth-order valence-electron chi connectivity index (χ4n) is 1.53. The van der Waals surface area contributed by atoms with Crippen molar-refractivity contribution >= 4 is 0 Å². The van der Waals surface area contributed by atoms with E-state index >= 15 is 0 Å². The van der Waals surface area contributed by atoms with Crippen LogP contribution in [-0.4, -0.2) is 0 Å². The molecule has 1 aromatic heterocycles. The van der Waals surface area contributed by atoms with Crippen LogP contribution in [0.5, 0.6) is 0 Å². The Balaban J connectivity index is 1.83. The van der Waals surface area contributed by atoms with Gasteiger partial charge in [0.2, 0.25) is 0 Å². The van der Waals surface area contributed by atoms with Gasteiger partial charge in [0.1, 0.15) is 5.76 Å². The lowest BCUT2D eigenvalue weighted by Gasteiger charge is -2.03. The molecular weight excluding hydrogens is 186 g/mol. The van der Waals surface area contributed by atoms with Gasteiger partial charge in [-0.25, -0.2) is 0 Å². The highest BCUT2D eigenvalue weighted by Gasteiger charge is 1.99. The van der Waals surface area contributed by atoms with Crippen LogP contribution in [0.25, 0.3) is 0 Å². The quantitative estimate of drug-likeness (QED) is 0.822. The first-order valence-corrected chi connectivity index (χ1v) is 5.14. The Morgan fingerprint density at radius 3 is 2.53 bits per heavy atom. The van der Waals surface area contributed by atoms with Gasteiger partial charge in [-0.2, -0.15) is 0 Å². The molecule has 0 spiro atoms. The second-order valence-electron chi connectivity index (χ2n) is 3.59. The van der Waals surface area contributed by atoms with Gasteiger partial charge in [-0.15, -0.1) is 0 Å². The lowest BCUT2D eigenvalue weighted by molar-refractivity contribution is 0.526. The van der Waals surface area contributed by atoms with E-state index in [1.165, 1.54) is 11.1 Å². The molecule has 0 saturated heterocycles. The zero-order valence-corrected chi connectivity index (χ0v) is 8.86. The molecule has 0 bridgehead atoms. The maximum absolute atomic E-state index is 5.23. The van der Waals surface area contributed by atoms with Gasteiger partial charge < -0.3 is 9.73 Å². The smallest absolute Gasteiger partial charge is 0.105 e. The van der Waals surface area contributed by atoms with Gasteiger partial charge in [0.05, 0.1) is 6.26 Å². The van der Waals surface area contributed by atoms with Crippen LogP contribution in [0, 0.1) is 6.92 Å². The number of benzene rings is 1. The van der Waals surface area contributed by atoms with Gasteiger partial charge in [-0.05, 0) is 18.6 Å². The number of hydrogen-bond acceptors (Lipinski definition) is 2. The first-order chi connectivity index (χ1) is 7.36. The second kappa shape index (κ2) is 4.80. The zero-order valence-electron chi connectivity index (χ0n) is 8.86. The van der Waals surface area contributed by atoms with Crippen LogP contribution >= 0.6 is 0 Å². The van der Waals surface area contributed by atoms with Crippen molar-refractivity contribution in [3.8, 4) is 0 Å². The van der Waals surface area contributed by atoms with Gasteiger partial charge in [-0.3, -0.25) is 0 Å². The third-order valence-electron chi connectivity index (χ3n) is 2.45. The van der Waals surface area contributed by atoms with Crippen molar-refractivity contribution in [3.05, 3.63) is 59.5 Å². The van der Waals surface area contributed by atoms with Crippen LogP contribution in [-0.2, 0) is 13.1 Å². The number of rotatable bonds is 4. The summed E-state index contributed by atoms with van der Waals surface area (Å²) in [4.78, 5) is 0. The third kappa shape index (κ3) is 2.70. The summed E-state index contributed by atoms with van der Waals surface area (Å²) in [5.74, 6) is 0.996. The molecule has 0 atom stereocenters. The molecule has 1 aromatic carbocycles. The Morgan fingerprint density at radius 1 is 1.07 bits per heavy atom. The molecule has 78 valence electrons. The van der Waals surface area contributed by atoms with E-state index in [0.717, 1.165) is 18.8 Å². The van der Waals surface area contributed by atoms with Crippen LogP contribution in [0.15, 0.2) is 47.1 Å². The molecule has 1 N–H and O–H groups in total. The van der Waals surface area contributed by atoms with Crippen LogP contribution in [0.1, 0.15) is 16.9 Å². The average Bonchev–Trinajstić information content (AvgIpc) is 2.66. The number of aryl methyl sites for hydroxylation is 1. The monoisotopic (exact) mass is 201 g/mol. The molecule has 15 heavy (non-hydrogen) atoms. The number of nitrogens with one attached hydrogen (secondary N) is 1. The lowest BCUT2D eigenvalue weighted by atomic mass is 10.2. The Labute approximate surface area is 89.9 Å². The topological polar surface area (TPSA) is 25.2 Å². The maximum atomic E-state index is 5.23. The second-order valence-corrected chi connectivity index (χ2v) is 3.59. The van der Waals surface area contributed by atoms with Crippen molar-refractivity contribution < 1.29 is 4.42 Å². The molecule has 0 aliphatic heterocycles. The Bertz CT molecular complexity index is 405. The van der Waals surface area contributed by atoms with Gasteiger partial charge >= 0.3 is 0 Å². The van der Waals surface area contributed by atoms with Gasteiger partial charge in [0.25, 0.3) is 0 Å². The van der Waals surface area contributed by atoms with Crippen LogP contribution in [0.4, 0.5) is 0 Å². The van der Waals surface area contributed by atoms with Crippen molar-refractivity contribution in [1.29, 1.82) is 0 Å². The molecule has 2 rings (SSSR count). The molecule has 0 aliphatic carbocycles. The molecule has 0 aliphatic rings. The minimum absolute atomic E-state index is 0.858. The Kier molecular flexibility index (Phi) is 3.20. The van der Waals surface area contributed by atoms with Crippen molar-refractivity contribution in [2.45, 2.75) is 20.0 Å². The third-order valence-corrected chi connectivity index (χ3v) is 2.45. The maximum Gasteiger partial charge on any atom is 0.105 e. The van der Waals surface area contributed by atoms with Gasteiger partial charge in [0, 0.05) is 18.7 Å². The first kappa shape index (κ1) is 9.99. The summed E-state index contributed by atoms with van der Waals surface area (Å²) in [6, 6.07) is 12.4. The molecular formula is C13H15NO. The van der Waals surface area contributed by atoms with Crippen molar-refractivity contribution in [1.82, 2.24) is 5.32 Å². The zero-order chi connectivity index (χ0) is 10.5. The molecule has 0 radical (unpaired) electrons. The molecule has 0 saturated carbocycles. The SMILES string of the molecule is Cc1occc1CNCc1ccccc1. The minimum atomic E-state index is 0.858. The van der Waals surface area contributed by atoms with Gasteiger partial charge in [-0.1, -0.05) is 30.3 Å².